The summed E-state index contributed by atoms with van der Waals surface area (Å²) in [6.45, 7) is 4.43. The summed E-state index contributed by atoms with van der Waals surface area (Å²) in [6, 6.07) is 16.7. The molecule has 0 spiro atoms. The van der Waals surface area contributed by atoms with E-state index >= 15 is 0 Å². The van der Waals surface area contributed by atoms with Crippen molar-refractivity contribution in [1.82, 2.24) is 0 Å². The van der Waals surface area contributed by atoms with E-state index in [9.17, 15) is 0 Å². The first-order valence-electron chi connectivity index (χ1n) is 8.85. The molecule has 0 bridgehead atoms. The molecule has 0 N–H and O–H groups in total. The van der Waals surface area contributed by atoms with Crippen molar-refractivity contribution in [3.8, 4) is 11.5 Å². The van der Waals surface area contributed by atoms with Gasteiger partial charge in [-0.15, -0.1) is 0 Å². The van der Waals surface area contributed by atoms with Gasteiger partial charge in [0.2, 0.25) is 0 Å². The summed E-state index contributed by atoms with van der Waals surface area (Å²) in [4.78, 5) is 0. The van der Waals surface area contributed by atoms with E-state index < -0.39 is 0 Å². The van der Waals surface area contributed by atoms with Crippen LogP contribution in [0.4, 0.5) is 0 Å². The molecule has 2 aromatic rings. The second-order valence-corrected chi connectivity index (χ2v) is 5.96. The molecule has 0 heterocycles. The first-order chi connectivity index (χ1) is 11.3. The van der Waals surface area contributed by atoms with Crippen LogP contribution < -0.4 is 4.74 Å². The monoisotopic (exact) mass is 308 g/mol. The highest BCUT2D eigenvalue weighted by Gasteiger charge is 1.98. The summed E-state index contributed by atoms with van der Waals surface area (Å²) in [6.07, 6.45) is 11.8. The summed E-state index contributed by atoms with van der Waals surface area (Å²) in [7, 11) is 0. The van der Waals surface area contributed by atoms with Crippen LogP contribution in [-0.4, -0.2) is 0 Å². The maximum absolute atomic E-state index is 5.90. The zero-order chi connectivity index (χ0) is 16.3. The van der Waals surface area contributed by atoms with Crippen molar-refractivity contribution in [3.05, 3.63) is 65.7 Å². The van der Waals surface area contributed by atoms with Crippen LogP contribution in [0.15, 0.2) is 54.6 Å². The molecule has 122 valence electrons. The number of allylic oxidation sites excluding steroid dienone is 1. The summed E-state index contributed by atoms with van der Waals surface area (Å²) >= 11 is 0. The molecule has 0 radical (unpaired) electrons. The molecule has 0 atom stereocenters. The molecule has 0 saturated carbocycles. The van der Waals surface area contributed by atoms with E-state index in [1.165, 1.54) is 36.8 Å². The molecule has 0 saturated heterocycles. The highest BCUT2D eigenvalue weighted by atomic mass is 16.5. The number of hydrogen-bond acceptors (Lipinski definition) is 1. The fraction of sp³-hybridized carbons (Fsp3) is 0.364. The Kier molecular flexibility index (Phi) is 7.45. The van der Waals surface area contributed by atoms with Gasteiger partial charge in [-0.2, -0.15) is 0 Å². The van der Waals surface area contributed by atoms with Gasteiger partial charge in [-0.1, -0.05) is 69.5 Å². The first kappa shape index (κ1) is 17.3. The summed E-state index contributed by atoms with van der Waals surface area (Å²) in [5.41, 5.74) is 2.59. The molecule has 1 nitrogen and oxygen atoms in total. The van der Waals surface area contributed by atoms with Crippen LogP contribution >= 0.6 is 0 Å². The van der Waals surface area contributed by atoms with Crippen LogP contribution in [0.1, 0.15) is 57.1 Å². The lowest BCUT2D eigenvalue weighted by molar-refractivity contribution is 0.482. The van der Waals surface area contributed by atoms with Gasteiger partial charge in [-0.25, -0.2) is 0 Å². The van der Waals surface area contributed by atoms with Crippen LogP contribution in [-0.2, 0) is 6.42 Å². The van der Waals surface area contributed by atoms with E-state index in [0.717, 1.165) is 24.3 Å². The summed E-state index contributed by atoms with van der Waals surface area (Å²) in [5.74, 6) is 1.78. The Balaban J connectivity index is 1.86. The van der Waals surface area contributed by atoms with Gasteiger partial charge in [-0.3, -0.25) is 0 Å². The maximum Gasteiger partial charge on any atom is 0.127 e. The Morgan fingerprint density at radius 1 is 0.783 bits per heavy atom. The van der Waals surface area contributed by atoms with Gasteiger partial charge in [0.1, 0.15) is 11.5 Å². The number of ether oxygens (including phenoxy) is 1. The Bertz CT molecular complexity index is 578. The summed E-state index contributed by atoms with van der Waals surface area (Å²) in [5, 5.41) is 0. The minimum absolute atomic E-state index is 0.886. The maximum atomic E-state index is 5.90. The molecule has 0 aliphatic rings. The normalized spacial score (nSPS) is 11.0. The quantitative estimate of drug-likeness (QED) is 0.452. The van der Waals surface area contributed by atoms with Gasteiger partial charge in [-0.05, 0) is 54.7 Å². The molecule has 0 unspecified atom stereocenters. The number of hydrogen-bond donors (Lipinski definition) is 0. The predicted octanol–water partition coefficient (Wildman–Crippen LogP) is 7.02. The number of rotatable bonds is 9. The topological polar surface area (TPSA) is 9.23 Å². The molecule has 0 aliphatic carbocycles. The van der Waals surface area contributed by atoms with Gasteiger partial charge in [0, 0.05) is 0 Å². The van der Waals surface area contributed by atoms with Crippen molar-refractivity contribution in [3.63, 3.8) is 0 Å². The highest BCUT2D eigenvalue weighted by Crippen LogP contribution is 2.22. The van der Waals surface area contributed by atoms with Crippen LogP contribution in [0.2, 0.25) is 0 Å². The lowest BCUT2D eigenvalue weighted by Crippen LogP contribution is -1.86. The third-order valence-electron chi connectivity index (χ3n) is 3.86. The van der Waals surface area contributed by atoms with Gasteiger partial charge in [0.05, 0.1) is 0 Å². The molecule has 2 aromatic carbocycles. The fourth-order valence-electron chi connectivity index (χ4n) is 2.53. The van der Waals surface area contributed by atoms with Crippen LogP contribution in [0.5, 0.6) is 11.5 Å². The molecule has 0 aromatic heterocycles. The van der Waals surface area contributed by atoms with E-state index in [1.807, 2.05) is 24.3 Å². The van der Waals surface area contributed by atoms with Gasteiger partial charge >= 0.3 is 0 Å². The van der Waals surface area contributed by atoms with Crippen molar-refractivity contribution in [2.75, 3.05) is 0 Å². The zero-order valence-corrected chi connectivity index (χ0v) is 14.4. The molecule has 0 amide bonds. The van der Waals surface area contributed by atoms with Gasteiger partial charge in [0.15, 0.2) is 0 Å². The minimum Gasteiger partial charge on any atom is -0.457 e. The average molecular weight is 308 g/mol. The average Bonchev–Trinajstić information content (AvgIpc) is 2.58. The van der Waals surface area contributed by atoms with Crippen LogP contribution in [0, 0.1) is 0 Å². The lowest BCUT2D eigenvalue weighted by atomic mass is 10.1. The first-order valence-corrected chi connectivity index (χ1v) is 8.85. The van der Waals surface area contributed by atoms with E-state index in [-0.39, 0.29) is 0 Å². The second kappa shape index (κ2) is 9.89. The molecule has 0 aliphatic heterocycles. The van der Waals surface area contributed by atoms with E-state index in [2.05, 4.69) is 50.3 Å². The molecule has 1 heteroatoms. The van der Waals surface area contributed by atoms with E-state index in [4.69, 9.17) is 4.74 Å². The third-order valence-corrected chi connectivity index (χ3v) is 3.86. The second-order valence-electron chi connectivity index (χ2n) is 5.96. The largest absolute Gasteiger partial charge is 0.457 e. The Hall–Kier alpha value is -2.02. The van der Waals surface area contributed by atoms with Crippen molar-refractivity contribution in [2.45, 2.75) is 52.4 Å². The molecular formula is C22H28O. The smallest absolute Gasteiger partial charge is 0.127 e. The van der Waals surface area contributed by atoms with Gasteiger partial charge in [0.25, 0.3) is 0 Å². The lowest BCUT2D eigenvalue weighted by Gasteiger charge is -2.07. The van der Waals surface area contributed by atoms with Crippen molar-refractivity contribution < 1.29 is 4.74 Å². The molecule has 2 rings (SSSR count). The molecule has 23 heavy (non-hydrogen) atoms. The number of aryl methyl sites for hydroxylation is 1. The Labute approximate surface area is 141 Å². The van der Waals surface area contributed by atoms with E-state index in [1.54, 1.807) is 0 Å². The van der Waals surface area contributed by atoms with Crippen LogP contribution in [0.25, 0.3) is 6.08 Å². The standard InChI is InChI=1S/C22H28O/c1-3-5-6-7-8-10-20-13-17-22(18-14-20)23-21-15-11-19(9-4-2)12-16-21/h8,10-18H,3-7,9H2,1-2H3. The van der Waals surface area contributed by atoms with Crippen molar-refractivity contribution >= 4 is 6.08 Å². The van der Waals surface area contributed by atoms with Crippen molar-refractivity contribution in [1.29, 1.82) is 0 Å². The summed E-state index contributed by atoms with van der Waals surface area (Å²) < 4.78 is 5.90. The SMILES string of the molecule is CCCCCC=Cc1ccc(Oc2ccc(CCC)cc2)cc1. The third kappa shape index (κ3) is 6.32. The zero-order valence-electron chi connectivity index (χ0n) is 14.4. The van der Waals surface area contributed by atoms with Gasteiger partial charge < -0.3 is 4.74 Å². The number of benzene rings is 2. The fourth-order valence-corrected chi connectivity index (χ4v) is 2.53. The van der Waals surface area contributed by atoms with E-state index in [0.29, 0.717) is 0 Å². The van der Waals surface area contributed by atoms with Crippen molar-refractivity contribution in [2.24, 2.45) is 0 Å². The Morgan fingerprint density at radius 2 is 1.43 bits per heavy atom. The number of unbranched alkanes of at least 4 members (excludes halogenated alkanes) is 3. The minimum atomic E-state index is 0.886. The Morgan fingerprint density at radius 3 is 2.04 bits per heavy atom. The van der Waals surface area contributed by atoms with Crippen LogP contribution in [0.3, 0.4) is 0 Å². The molecular weight excluding hydrogens is 280 g/mol. The predicted molar refractivity (Wildman–Crippen MR) is 100 cm³/mol. The molecule has 0 fully saturated rings. The highest BCUT2D eigenvalue weighted by molar-refractivity contribution is 5.50.